The van der Waals surface area contributed by atoms with E-state index in [0.717, 1.165) is 5.57 Å². The fraction of sp³-hybridized carbons (Fsp3) is 0.588. The predicted molar refractivity (Wildman–Crippen MR) is 79.8 cm³/mol. The van der Waals surface area contributed by atoms with Gasteiger partial charge in [0.15, 0.2) is 0 Å². The van der Waals surface area contributed by atoms with Crippen LogP contribution in [0.3, 0.4) is 0 Å². The first-order valence-corrected chi connectivity index (χ1v) is 7.56. The zero-order chi connectivity index (χ0) is 16.4. The summed E-state index contributed by atoms with van der Waals surface area (Å²) in [5, 5.41) is 0. The van der Waals surface area contributed by atoms with Crippen molar-refractivity contribution >= 4 is 17.7 Å². The molecule has 0 spiro atoms. The molecule has 0 unspecified atom stereocenters. The molecule has 1 saturated heterocycles. The van der Waals surface area contributed by atoms with E-state index in [1.54, 1.807) is 6.92 Å². The molecule has 0 bridgehead atoms. The third-order valence-electron chi connectivity index (χ3n) is 4.44. The van der Waals surface area contributed by atoms with Gasteiger partial charge in [-0.1, -0.05) is 19.1 Å². The number of hydrogen-bond acceptors (Lipinski definition) is 5. The highest BCUT2D eigenvalue weighted by molar-refractivity contribution is 5.91. The lowest BCUT2D eigenvalue weighted by Gasteiger charge is -2.25. The number of ether oxygens (including phenoxy) is 2. The van der Waals surface area contributed by atoms with Gasteiger partial charge in [0, 0.05) is 30.8 Å². The van der Waals surface area contributed by atoms with Gasteiger partial charge in [-0.05, 0) is 25.8 Å². The Balaban J connectivity index is 2.28. The number of ketones is 1. The lowest BCUT2D eigenvalue weighted by molar-refractivity contribution is -0.149. The molecule has 5 nitrogen and oxygen atoms in total. The number of carbonyl (C=O) groups is 3. The van der Waals surface area contributed by atoms with Crippen LogP contribution in [0.5, 0.6) is 0 Å². The Hall–Kier alpha value is -1.91. The van der Waals surface area contributed by atoms with Crippen LogP contribution in [0.1, 0.15) is 40.0 Å². The quantitative estimate of drug-likeness (QED) is 0.453. The summed E-state index contributed by atoms with van der Waals surface area (Å²) in [4.78, 5) is 34.3. The fourth-order valence-electron chi connectivity index (χ4n) is 3.11. The van der Waals surface area contributed by atoms with Crippen molar-refractivity contribution in [3.63, 3.8) is 0 Å². The van der Waals surface area contributed by atoms with Gasteiger partial charge in [-0.2, -0.15) is 0 Å². The van der Waals surface area contributed by atoms with Gasteiger partial charge >= 0.3 is 11.9 Å². The Morgan fingerprint density at radius 2 is 2.09 bits per heavy atom. The van der Waals surface area contributed by atoms with Crippen molar-refractivity contribution in [2.24, 2.45) is 11.8 Å². The van der Waals surface area contributed by atoms with Gasteiger partial charge in [0.25, 0.3) is 0 Å². The van der Waals surface area contributed by atoms with Crippen LogP contribution in [0.4, 0.5) is 0 Å². The van der Waals surface area contributed by atoms with Crippen molar-refractivity contribution in [1.82, 2.24) is 0 Å². The van der Waals surface area contributed by atoms with Crippen molar-refractivity contribution in [2.75, 3.05) is 0 Å². The summed E-state index contributed by atoms with van der Waals surface area (Å²) in [5.41, 5.74) is 1.43. The van der Waals surface area contributed by atoms with Crippen molar-refractivity contribution in [3.05, 3.63) is 23.8 Å². The van der Waals surface area contributed by atoms with Crippen molar-refractivity contribution in [3.8, 4) is 0 Å². The standard InChI is InChI=1S/C17H22O5/c1-9(18)5-6-13-7-16-14(11(3)17(20)22-16)8-15(10(13)2)21-12(4)19/h7,10,14-16H,3,5-6,8H2,1-2,4H3/t10-,14+,15+,16-/m1/s1. The highest BCUT2D eigenvalue weighted by Gasteiger charge is 2.43. The molecule has 1 aliphatic heterocycles. The number of esters is 2. The van der Waals surface area contributed by atoms with Crippen molar-refractivity contribution in [2.45, 2.75) is 52.2 Å². The first-order valence-electron chi connectivity index (χ1n) is 7.56. The molecule has 120 valence electrons. The molecule has 4 atom stereocenters. The molecule has 1 aliphatic carbocycles. The second kappa shape index (κ2) is 6.46. The van der Waals surface area contributed by atoms with Gasteiger partial charge < -0.3 is 14.3 Å². The molecule has 2 rings (SSSR count). The maximum Gasteiger partial charge on any atom is 0.334 e. The molecular weight excluding hydrogens is 284 g/mol. The molecule has 0 aromatic rings. The summed E-state index contributed by atoms with van der Waals surface area (Å²) in [6, 6.07) is 0. The molecule has 0 radical (unpaired) electrons. The van der Waals surface area contributed by atoms with Crippen molar-refractivity contribution in [1.29, 1.82) is 0 Å². The number of Topliss-reactive ketones (excluding diaryl/α,β-unsaturated/α-hetero) is 1. The summed E-state index contributed by atoms with van der Waals surface area (Å²) in [5.74, 6) is -0.828. The topological polar surface area (TPSA) is 69.7 Å². The van der Waals surface area contributed by atoms with E-state index < -0.39 is 5.97 Å². The summed E-state index contributed by atoms with van der Waals surface area (Å²) >= 11 is 0. The molecular formula is C17H22O5. The van der Waals surface area contributed by atoms with Gasteiger partial charge in [-0.25, -0.2) is 4.79 Å². The minimum atomic E-state index is -0.395. The zero-order valence-corrected chi connectivity index (χ0v) is 13.3. The van der Waals surface area contributed by atoms with E-state index in [2.05, 4.69) is 6.58 Å². The van der Waals surface area contributed by atoms with Gasteiger partial charge in [0.05, 0.1) is 0 Å². The van der Waals surface area contributed by atoms with Crippen LogP contribution in [-0.4, -0.2) is 29.9 Å². The summed E-state index contributed by atoms with van der Waals surface area (Å²) in [7, 11) is 0. The second-order valence-corrected chi connectivity index (χ2v) is 6.12. The monoisotopic (exact) mass is 306 g/mol. The first kappa shape index (κ1) is 16.5. The van der Waals surface area contributed by atoms with Crippen LogP contribution in [0.2, 0.25) is 0 Å². The Morgan fingerprint density at radius 1 is 1.41 bits per heavy atom. The fourth-order valence-corrected chi connectivity index (χ4v) is 3.11. The van der Waals surface area contributed by atoms with E-state index >= 15 is 0 Å². The SMILES string of the molecule is C=C1C(=O)O[C@@H]2C=C(CCC(C)=O)[C@@H](C)[C@@H](OC(C)=O)C[C@@H]12. The molecule has 0 aromatic carbocycles. The molecule has 0 amide bonds. The largest absolute Gasteiger partial charge is 0.462 e. The lowest BCUT2D eigenvalue weighted by Crippen LogP contribution is -2.28. The normalized spacial score (nSPS) is 31.0. The number of carbonyl (C=O) groups excluding carboxylic acids is 3. The Morgan fingerprint density at radius 3 is 2.68 bits per heavy atom. The first-order chi connectivity index (χ1) is 10.3. The summed E-state index contributed by atoms with van der Waals surface area (Å²) in [6.45, 7) is 8.70. The Bertz CT molecular complexity index is 545. The average Bonchev–Trinajstić information content (AvgIpc) is 2.61. The Labute approximate surface area is 130 Å². The van der Waals surface area contributed by atoms with Gasteiger partial charge in [-0.15, -0.1) is 0 Å². The van der Waals surface area contributed by atoms with Crippen LogP contribution in [0, 0.1) is 11.8 Å². The Kier molecular flexibility index (Phi) is 4.84. The molecule has 1 heterocycles. The van der Waals surface area contributed by atoms with Crippen LogP contribution in [-0.2, 0) is 23.9 Å². The minimum Gasteiger partial charge on any atom is -0.462 e. The third kappa shape index (κ3) is 3.46. The summed E-state index contributed by atoms with van der Waals surface area (Å²) < 4.78 is 10.8. The smallest absolute Gasteiger partial charge is 0.334 e. The average molecular weight is 306 g/mol. The third-order valence-corrected chi connectivity index (χ3v) is 4.44. The molecule has 1 fully saturated rings. The van der Waals surface area contributed by atoms with E-state index in [1.165, 1.54) is 6.92 Å². The second-order valence-electron chi connectivity index (χ2n) is 6.12. The molecule has 0 saturated carbocycles. The lowest BCUT2D eigenvalue weighted by atomic mass is 9.88. The van der Waals surface area contributed by atoms with E-state index in [-0.39, 0.29) is 35.8 Å². The van der Waals surface area contributed by atoms with E-state index in [4.69, 9.17) is 9.47 Å². The maximum atomic E-state index is 11.7. The van der Waals surface area contributed by atoms with Crippen LogP contribution in [0.15, 0.2) is 23.8 Å². The van der Waals surface area contributed by atoms with Gasteiger partial charge in [-0.3, -0.25) is 4.79 Å². The van der Waals surface area contributed by atoms with Crippen LogP contribution < -0.4 is 0 Å². The molecule has 2 aliphatic rings. The minimum absolute atomic E-state index is 0.0136. The van der Waals surface area contributed by atoms with E-state index in [9.17, 15) is 14.4 Å². The van der Waals surface area contributed by atoms with Crippen molar-refractivity contribution < 1.29 is 23.9 Å². The molecule has 22 heavy (non-hydrogen) atoms. The highest BCUT2D eigenvalue weighted by atomic mass is 16.6. The highest BCUT2D eigenvalue weighted by Crippen LogP contribution is 2.40. The van der Waals surface area contributed by atoms with Crippen LogP contribution in [0.25, 0.3) is 0 Å². The molecule has 5 heteroatoms. The predicted octanol–water partition coefficient (Wildman–Crippen LogP) is 2.35. The summed E-state index contributed by atoms with van der Waals surface area (Å²) in [6.07, 6.45) is 2.73. The number of fused-ring (bicyclic) bond motifs is 1. The zero-order valence-electron chi connectivity index (χ0n) is 13.3. The maximum absolute atomic E-state index is 11.7. The van der Waals surface area contributed by atoms with E-state index in [1.807, 2.05) is 13.0 Å². The van der Waals surface area contributed by atoms with E-state index in [0.29, 0.717) is 24.8 Å². The number of hydrogen-bond donors (Lipinski definition) is 0. The van der Waals surface area contributed by atoms with Crippen LogP contribution >= 0.6 is 0 Å². The number of rotatable bonds is 4. The molecule has 0 aromatic heterocycles. The molecule has 0 N–H and O–H groups in total. The van der Waals surface area contributed by atoms with Gasteiger partial charge in [0.1, 0.15) is 18.0 Å². The van der Waals surface area contributed by atoms with Gasteiger partial charge in [0.2, 0.25) is 0 Å².